The molecule has 5 nitrogen and oxygen atoms in total. The molecule has 162 valence electrons. The number of carbonyl (C=O) groups is 2. The average Bonchev–Trinajstić information content (AvgIpc) is 2.71. The second kappa shape index (κ2) is 10.9. The van der Waals surface area contributed by atoms with Gasteiger partial charge >= 0.3 is 5.97 Å². The first kappa shape index (κ1) is 23.6. The van der Waals surface area contributed by atoms with Gasteiger partial charge < -0.3 is 14.8 Å². The van der Waals surface area contributed by atoms with Crippen LogP contribution in [0.25, 0.3) is 11.1 Å². The molecule has 2 atom stereocenters. The summed E-state index contributed by atoms with van der Waals surface area (Å²) in [4.78, 5) is 25.3. The average molecular weight is 412 g/mol. The van der Waals surface area contributed by atoms with Crippen molar-refractivity contribution < 1.29 is 19.1 Å². The van der Waals surface area contributed by atoms with Gasteiger partial charge in [0, 0.05) is 13.2 Å². The lowest BCUT2D eigenvalue weighted by Crippen LogP contribution is -2.44. The normalized spacial score (nSPS) is 13.4. The van der Waals surface area contributed by atoms with Gasteiger partial charge in [-0.3, -0.25) is 4.79 Å². The van der Waals surface area contributed by atoms with Crippen LogP contribution in [0.15, 0.2) is 54.6 Å². The van der Waals surface area contributed by atoms with Gasteiger partial charge in [-0.25, -0.2) is 4.79 Å². The fourth-order valence-corrected chi connectivity index (χ4v) is 3.10. The second-order valence-corrected chi connectivity index (χ2v) is 8.29. The van der Waals surface area contributed by atoms with E-state index in [4.69, 9.17) is 9.47 Å². The molecule has 0 fully saturated rings. The molecule has 0 aliphatic heterocycles. The van der Waals surface area contributed by atoms with Crippen molar-refractivity contribution >= 4 is 11.9 Å². The Morgan fingerprint density at radius 3 is 2.13 bits per heavy atom. The molecular formula is C25H33NO4. The van der Waals surface area contributed by atoms with Crippen LogP contribution in [-0.4, -0.2) is 36.7 Å². The van der Waals surface area contributed by atoms with Crippen LogP contribution in [0.4, 0.5) is 0 Å². The molecule has 0 saturated carbocycles. The number of hydrogen-bond acceptors (Lipinski definition) is 4. The summed E-state index contributed by atoms with van der Waals surface area (Å²) >= 11 is 0. The SMILES string of the molecule is CCOCCC(C(=O)N[C@H](C)C(=O)OC(C)(C)C)c1ccc(-c2ccccc2)cc1. The minimum absolute atomic E-state index is 0.208. The van der Waals surface area contributed by atoms with Crippen LogP contribution in [0.5, 0.6) is 0 Å². The maximum absolute atomic E-state index is 13.0. The third-order valence-electron chi connectivity index (χ3n) is 4.61. The first-order valence-electron chi connectivity index (χ1n) is 10.5. The fourth-order valence-electron chi connectivity index (χ4n) is 3.10. The number of benzene rings is 2. The quantitative estimate of drug-likeness (QED) is 0.479. The number of carbonyl (C=O) groups excluding carboxylic acids is 2. The van der Waals surface area contributed by atoms with Crippen molar-refractivity contribution in [3.05, 3.63) is 60.2 Å². The molecule has 2 rings (SSSR count). The van der Waals surface area contributed by atoms with Crippen molar-refractivity contribution in [3.8, 4) is 11.1 Å². The highest BCUT2D eigenvalue weighted by molar-refractivity contribution is 5.88. The van der Waals surface area contributed by atoms with Crippen molar-refractivity contribution in [1.82, 2.24) is 5.32 Å². The maximum Gasteiger partial charge on any atom is 0.328 e. The van der Waals surface area contributed by atoms with Crippen LogP contribution in [0.3, 0.4) is 0 Å². The molecule has 5 heteroatoms. The number of hydrogen-bond donors (Lipinski definition) is 1. The molecule has 0 aromatic heterocycles. The van der Waals surface area contributed by atoms with Gasteiger partial charge in [-0.2, -0.15) is 0 Å². The summed E-state index contributed by atoms with van der Waals surface area (Å²) < 4.78 is 10.8. The van der Waals surface area contributed by atoms with Gasteiger partial charge in [0.15, 0.2) is 0 Å². The molecular weight excluding hydrogens is 378 g/mol. The molecule has 1 unspecified atom stereocenters. The van der Waals surface area contributed by atoms with Gasteiger partial charge in [-0.05, 0) is 57.7 Å². The maximum atomic E-state index is 13.0. The van der Waals surface area contributed by atoms with E-state index in [1.807, 2.05) is 49.4 Å². The van der Waals surface area contributed by atoms with E-state index in [1.54, 1.807) is 27.7 Å². The Labute approximate surface area is 179 Å². The van der Waals surface area contributed by atoms with Gasteiger partial charge in [-0.1, -0.05) is 54.6 Å². The molecule has 0 saturated heterocycles. The van der Waals surface area contributed by atoms with E-state index in [0.717, 1.165) is 16.7 Å². The molecule has 0 aliphatic rings. The Hall–Kier alpha value is -2.66. The number of ether oxygens (including phenoxy) is 2. The van der Waals surface area contributed by atoms with E-state index in [9.17, 15) is 9.59 Å². The first-order valence-corrected chi connectivity index (χ1v) is 10.5. The third kappa shape index (κ3) is 7.30. The van der Waals surface area contributed by atoms with E-state index in [2.05, 4.69) is 17.4 Å². The Bertz CT molecular complexity index is 809. The zero-order valence-electron chi connectivity index (χ0n) is 18.6. The highest BCUT2D eigenvalue weighted by Crippen LogP contribution is 2.25. The Balaban J connectivity index is 2.14. The van der Waals surface area contributed by atoms with Crippen LogP contribution in [0.1, 0.15) is 52.5 Å². The van der Waals surface area contributed by atoms with Crippen molar-refractivity contribution in [3.63, 3.8) is 0 Å². The van der Waals surface area contributed by atoms with E-state index in [-0.39, 0.29) is 5.91 Å². The first-order chi connectivity index (χ1) is 14.2. The van der Waals surface area contributed by atoms with Crippen molar-refractivity contribution in [2.24, 2.45) is 0 Å². The number of nitrogens with one attached hydrogen (secondary N) is 1. The predicted molar refractivity (Wildman–Crippen MR) is 119 cm³/mol. The van der Waals surface area contributed by atoms with E-state index >= 15 is 0 Å². The predicted octanol–water partition coefficient (Wildman–Crippen LogP) is 4.71. The summed E-state index contributed by atoms with van der Waals surface area (Å²) in [5.74, 6) is -1.06. The zero-order chi connectivity index (χ0) is 22.1. The summed E-state index contributed by atoms with van der Waals surface area (Å²) in [5, 5.41) is 2.81. The summed E-state index contributed by atoms with van der Waals surface area (Å²) in [5.41, 5.74) is 2.50. The van der Waals surface area contributed by atoms with Gasteiger partial charge in [0.1, 0.15) is 11.6 Å². The molecule has 2 aromatic rings. The molecule has 0 heterocycles. The fraction of sp³-hybridized carbons (Fsp3) is 0.440. The summed E-state index contributed by atoms with van der Waals surface area (Å²) in [6.07, 6.45) is 0.533. The summed E-state index contributed by atoms with van der Waals surface area (Å²) in [7, 11) is 0. The smallest absolute Gasteiger partial charge is 0.328 e. The van der Waals surface area contributed by atoms with Gasteiger partial charge in [0.05, 0.1) is 5.92 Å². The van der Waals surface area contributed by atoms with E-state index < -0.39 is 23.5 Å². The largest absolute Gasteiger partial charge is 0.458 e. The lowest BCUT2D eigenvalue weighted by molar-refractivity contribution is -0.158. The van der Waals surface area contributed by atoms with Gasteiger partial charge in [0.25, 0.3) is 0 Å². The molecule has 2 aromatic carbocycles. The summed E-state index contributed by atoms with van der Waals surface area (Å²) in [6, 6.07) is 17.3. The number of rotatable bonds is 9. The summed E-state index contributed by atoms with van der Waals surface area (Å²) in [6.45, 7) is 10.0. The number of amides is 1. The Morgan fingerprint density at radius 1 is 0.967 bits per heavy atom. The molecule has 1 N–H and O–H groups in total. The number of esters is 1. The Morgan fingerprint density at radius 2 is 1.57 bits per heavy atom. The minimum atomic E-state index is -0.727. The van der Waals surface area contributed by atoms with E-state index in [1.165, 1.54) is 0 Å². The third-order valence-corrected chi connectivity index (χ3v) is 4.61. The van der Waals surface area contributed by atoms with Gasteiger partial charge in [-0.15, -0.1) is 0 Å². The molecule has 1 amide bonds. The van der Waals surface area contributed by atoms with Crippen LogP contribution >= 0.6 is 0 Å². The van der Waals surface area contributed by atoms with E-state index in [0.29, 0.717) is 19.6 Å². The highest BCUT2D eigenvalue weighted by atomic mass is 16.6. The molecule has 0 radical (unpaired) electrons. The Kier molecular flexibility index (Phi) is 8.60. The van der Waals surface area contributed by atoms with Crippen LogP contribution < -0.4 is 5.32 Å². The topological polar surface area (TPSA) is 64.6 Å². The van der Waals surface area contributed by atoms with Crippen molar-refractivity contribution in [1.29, 1.82) is 0 Å². The molecule has 30 heavy (non-hydrogen) atoms. The van der Waals surface area contributed by atoms with Crippen LogP contribution in [-0.2, 0) is 19.1 Å². The molecule has 0 aliphatic carbocycles. The van der Waals surface area contributed by atoms with Gasteiger partial charge in [0.2, 0.25) is 5.91 Å². The highest BCUT2D eigenvalue weighted by Gasteiger charge is 2.27. The van der Waals surface area contributed by atoms with Crippen molar-refractivity contribution in [2.45, 2.75) is 58.6 Å². The zero-order valence-corrected chi connectivity index (χ0v) is 18.6. The van der Waals surface area contributed by atoms with Crippen LogP contribution in [0.2, 0.25) is 0 Å². The molecule has 0 spiro atoms. The minimum Gasteiger partial charge on any atom is -0.458 e. The van der Waals surface area contributed by atoms with Crippen molar-refractivity contribution in [2.75, 3.05) is 13.2 Å². The monoisotopic (exact) mass is 411 g/mol. The van der Waals surface area contributed by atoms with Crippen LogP contribution in [0, 0.1) is 0 Å². The lowest BCUT2D eigenvalue weighted by atomic mass is 9.93. The molecule has 0 bridgehead atoms. The lowest BCUT2D eigenvalue weighted by Gasteiger charge is -2.24. The standard InChI is InChI=1S/C25H33NO4/c1-6-29-17-16-22(23(27)26-18(2)24(28)30-25(3,4)5)21-14-12-20(13-15-21)19-10-8-7-9-11-19/h7-15,18,22H,6,16-17H2,1-5H3,(H,26,27)/t18-,22?/m1/s1. The second-order valence-electron chi connectivity index (χ2n) is 8.29.